The van der Waals surface area contributed by atoms with Crippen molar-refractivity contribution in [3.8, 4) is 11.4 Å². The molecule has 2 aromatic rings. The number of tetrazole rings is 1. The number of para-hydroxylation sites is 1. The van der Waals surface area contributed by atoms with Crippen molar-refractivity contribution < 1.29 is 10.1 Å². The number of benzene rings is 1. The van der Waals surface area contributed by atoms with Gasteiger partial charge in [-0.25, -0.2) is 0 Å². The van der Waals surface area contributed by atoms with E-state index < -0.39 is 4.92 Å². The van der Waals surface area contributed by atoms with Gasteiger partial charge < -0.3 is 5.21 Å². The molecule has 0 radical (unpaired) electrons. The van der Waals surface area contributed by atoms with Crippen molar-refractivity contribution in [3.05, 3.63) is 34.4 Å². The molecule has 1 heterocycles. The molecule has 0 aliphatic carbocycles. The Hall–Kier alpha value is -2.51. The molecule has 0 fully saturated rings. The molecular formula is C7H5N5O3. The van der Waals surface area contributed by atoms with Crippen LogP contribution in [0.15, 0.2) is 24.3 Å². The third-order valence-corrected chi connectivity index (χ3v) is 1.80. The van der Waals surface area contributed by atoms with Gasteiger partial charge in [-0.05, 0) is 16.5 Å². The summed E-state index contributed by atoms with van der Waals surface area (Å²) in [6.07, 6.45) is 0. The summed E-state index contributed by atoms with van der Waals surface area (Å²) in [6.45, 7) is 0. The number of nitrogens with zero attached hydrogens (tertiary/aromatic N) is 5. The van der Waals surface area contributed by atoms with Crippen LogP contribution in [0.2, 0.25) is 0 Å². The first-order valence-electron chi connectivity index (χ1n) is 3.91. The maximum Gasteiger partial charge on any atom is 0.280 e. The van der Waals surface area contributed by atoms with Gasteiger partial charge in [-0.3, -0.25) is 10.1 Å². The van der Waals surface area contributed by atoms with Crippen molar-refractivity contribution in [2.75, 3.05) is 0 Å². The largest absolute Gasteiger partial charge is 0.409 e. The Morgan fingerprint density at radius 3 is 2.73 bits per heavy atom. The van der Waals surface area contributed by atoms with Gasteiger partial charge >= 0.3 is 0 Å². The van der Waals surface area contributed by atoms with E-state index in [1.165, 1.54) is 18.2 Å². The molecular weight excluding hydrogens is 202 g/mol. The SMILES string of the molecule is O=[N+]([O-])c1ccccc1-c1nnnn1O. The minimum atomic E-state index is -0.565. The Kier molecular flexibility index (Phi) is 2.01. The molecule has 0 amide bonds. The lowest BCUT2D eigenvalue weighted by Gasteiger charge is -1.98. The standard InChI is InChI=1S/C7H5N5O3/c13-11-7(8-9-10-11)5-3-1-2-4-6(5)12(14)15/h1-4,13H. The van der Waals surface area contributed by atoms with Gasteiger partial charge in [0.25, 0.3) is 5.69 Å². The fourth-order valence-corrected chi connectivity index (χ4v) is 1.17. The summed E-state index contributed by atoms with van der Waals surface area (Å²) < 4.78 is 0. The van der Waals surface area contributed by atoms with Crippen LogP contribution in [0.4, 0.5) is 5.69 Å². The summed E-state index contributed by atoms with van der Waals surface area (Å²) in [4.78, 5) is 10.5. The Morgan fingerprint density at radius 2 is 2.13 bits per heavy atom. The summed E-state index contributed by atoms with van der Waals surface area (Å²) in [5.74, 6) is -0.0673. The highest BCUT2D eigenvalue weighted by molar-refractivity contribution is 5.67. The molecule has 8 heteroatoms. The molecule has 0 spiro atoms. The summed E-state index contributed by atoms with van der Waals surface area (Å²) in [5.41, 5.74) is -0.00222. The average molecular weight is 207 g/mol. The average Bonchev–Trinajstić information content (AvgIpc) is 2.64. The third-order valence-electron chi connectivity index (χ3n) is 1.80. The van der Waals surface area contributed by atoms with Crippen LogP contribution in [-0.4, -0.2) is 30.5 Å². The van der Waals surface area contributed by atoms with E-state index in [9.17, 15) is 10.1 Å². The van der Waals surface area contributed by atoms with Crippen LogP contribution >= 0.6 is 0 Å². The second-order valence-electron chi connectivity index (χ2n) is 2.67. The molecule has 8 nitrogen and oxygen atoms in total. The predicted molar refractivity (Wildman–Crippen MR) is 47.1 cm³/mol. The van der Waals surface area contributed by atoms with E-state index in [-0.39, 0.29) is 17.1 Å². The maximum absolute atomic E-state index is 10.7. The molecule has 0 unspecified atom stereocenters. The van der Waals surface area contributed by atoms with Crippen molar-refractivity contribution in [2.45, 2.75) is 0 Å². The van der Waals surface area contributed by atoms with Gasteiger partial charge in [0, 0.05) is 6.07 Å². The van der Waals surface area contributed by atoms with E-state index >= 15 is 0 Å². The van der Waals surface area contributed by atoms with Crippen LogP contribution in [0, 0.1) is 10.1 Å². The van der Waals surface area contributed by atoms with Gasteiger partial charge in [-0.2, -0.15) is 0 Å². The van der Waals surface area contributed by atoms with E-state index in [1.807, 2.05) is 0 Å². The lowest BCUT2D eigenvalue weighted by Crippen LogP contribution is -1.99. The maximum atomic E-state index is 10.7. The minimum absolute atomic E-state index is 0.0673. The van der Waals surface area contributed by atoms with Crippen molar-refractivity contribution in [1.29, 1.82) is 0 Å². The number of aromatic nitrogens is 4. The molecule has 0 saturated carbocycles. The topological polar surface area (TPSA) is 107 Å². The number of hydrogen-bond donors (Lipinski definition) is 1. The second-order valence-corrected chi connectivity index (χ2v) is 2.67. The first-order valence-corrected chi connectivity index (χ1v) is 3.91. The Bertz CT molecular complexity index is 509. The van der Waals surface area contributed by atoms with E-state index in [4.69, 9.17) is 5.21 Å². The van der Waals surface area contributed by atoms with E-state index in [0.717, 1.165) is 0 Å². The van der Waals surface area contributed by atoms with Crippen molar-refractivity contribution in [2.24, 2.45) is 0 Å². The lowest BCUT2D eigenvalue weighted by molar-refractivity contribution is -0.384. The monoisotopic (exact) mass is 207 g/mol. The highest BCUT2D eigenvalue weighted by Crippen LogP contribution is 2.26. The van der Waals surface area contributed by atoms with Crippen LogP contribution in [0.25, 0.3) is 11.4 Å². The van der Waals surface area contributed by atoms with Crippen molar-refractivity contribution in [1.82, 2.24) is 20.4 Å². The zero-order valence-electron chi connectivity index (χ0n) is 7.31. The van der Waals surface area contributed by atoms with Crippen LogP contribution < -0.4 is 0 Å². The molecule has 1 N–H and O–H groups in total. The van der Waals surface area contributed by atoms with Gasteiger partial charge in [0.1, 0.15) is 5.56 Å². The first-order chi connectivity index (χ1) is 7.20. The molecule has 0 saturated heterocycles. The van der Waals surface area contributed by atoms with E-state index in [0.29, 0.717) is 4.85 Å². The number of hydrogen-bond acceptors (Lipinski definition) is 6. The minimum Gasteiger partial charge on any atom is -0.409 e. The van der Waals surface area contributed by atoms with Gasteiger partial charge in [0.15, 0.2) is 0 Å². The molecule has 0 atom stereocenters. The van der Waals surface area contributed by atoms with Gasteiger partial charge in [-0.15, -0.1) is 5.10 Å². The number of rotatable bonds is 2. The smallest absolute Gasteiger partial charge is 0.280 e. The summed E-state index contributed by atoms with van der Waals surface area (Å²) in [5, 5.41) is 29.7. The van der Waals surface area contributed by atoms with Crippen LogP contribution in [0.5, 0.6) is 0 Å². The zero-order valence-corrected chi connectivity index (χ0v) is 7.31. The van der Waals surface area contributed by atoms with E-state index in [2.05, 4.69) is 15.5 Å². The predicted octanol–water partition coefficient (Wildman–Crippen LogP) is 0.486. The highest BCUT2D eigenvalue weighted by Gasteiger charge is 2.19. The fourth-order valence-electron chi connectivity index (χ4n) is 1.17. The molecule has 0 aliphatic rings. The molecule has 0 aliphatic heterocycles. The Labute approximate surface area is 82.9 Å². The lowest BCUT2D eigenvalue weighted by atomic mass is 10.2. The van der Waals surface area contributed by atoms with Crippen molar-refractivity contribution >= 4 is 5.69 Å². The molecule has 2 rings (SSSR count). The molecule has 0 bridgehead atoms. The molecule has 76 valence electrons. The van der Waals surface area contributed by atoms with Crippen LogP contribution in [0.3, 0.4) is 0 Å². The molecule has 1 aromatic carbocycles. The molecule has 15 heavy (non-hydrogen) atoms. The third kappa shape index (κ3) is 1.47. The number of nitro benzene ring substituents is 1. The number of nitro groups is 1. The van der Waals surface area contributed by atoms with Crippen LogP contribution in [0.1, 0.15) is 0 Å². The quantitative estimate of drug-likeness (QED) is 0.436. The zero-order chi connectivity index (χ0) is 10.8. The van der Waals surface area contributed by atoms with Crippen LogP contribution in [-0.2, 0) is 0 Å². The van der Waals surface area contributed by atoms with Gasteiger partial charge in [0.05, 0.1) is 4.92 Å². The van der Waals surface area contributed by atoms with Crippen molar-refractivity contribution in [3.63, 3.8) is 0 Å². The Balaban J connectivity index is 2.63. The summed E-state index contributed by atoms with van der Waals surface area (Å²) in [6, 6.07) is 5.88. The summed E-state index contributed by atoms with van der Waals surface area (Å²) >= 11 is 0. The normalized spacial score (nSPS) is 10.1. The second kappa shape index (κ2) is 3.33. The molecule has 1 aromatic heterocycles. The first kappa shape index (κ1) is 9.06. The highest BCUT2D eigenvalue weighted by atomic mass is 16.6. The Morgan fingerprint density at radius 1 is 1.40 bits per heavy atom. The summed E-state index contributed by atoms with van der Waals surface area (Å²) in [7, 11) is 0. The van der Waals surface area contributed by atoms with Gasteiger partial charge in [-0.1, -0.05) is 17.0 Å². The van der Waals surface area contributed by atoms with E-state index in [1.54, 1.807) is 6.07 Å². The van der Waals surface area contributed by atoms with Gasteiger partial charge in [0.2, 0.25) is 5.82 Å². The fraction of sp³-hybridized carbons (Fsp3) is 0.